The summed E-state index contributed by atoms with van der Waals surface area (Å²) < 4.78 is 2.26. The van der Waals surface area contributed by atoms with Crippen molar-refractivity contribution in [1.29, 1.82) is 0 Å². The Kier molecular flexibility index (Phi) is 6.78. The summed E-state index contributed by atoms with van der Waals surface area (Å²) in [7, 11) is 0. The maximum absolute atomic E-state index is 5.72. The lowest BCUT2D eigenvalue weighted by Crippen LogP contribution is -2.47. The van der Waals surface area contributed by atoms with E-state index in [4.69, 9.17) is 17.2 Å². The zero-order chi connectivity index (χ0) is 21.1. The molecule has 0 bridgehead atoms. The van der Waals surface area contributed by atoms with Gasteiger partial charge in [-0.25, -0.2) is 4.98 Å². The van der Waals surface area contributed by atoms with Gasteiger partial charge in [-0.15, -0.1) is 11.3 Å². The summed E-state index contributed by atoms with van der Waals surface area (Å²) >= 11 is 9.24. The van der Waals surface area contributed by atoms with Gasteiger partial charge in [0.15, 0.2) is 0 Å². The number of thiazole rings is 1. The van der Waals surface area contributed by atoms with Gasteiger partial charge in [0.05, 0.1) is 16.0 Å². The van der Waals surface area contributed by atoms with E-state index in [2.05, 4.69) is 73.0 Å². The highest BCUT2D eigenvalue weighted by atomic mass is 32.2. The summed E-state index contributed by atoms with van der Waals surface area (Å²) in [5.74, 6) is 0.860. The van der Waals surface area contributed by atoms with E-state index in [9.17, 15) is 0 Å². The first-order valence-corrected chi connectivity index (χ1v) is 12.7. The smallest absolute Gasteiger partial charge is 0.136 e. The van der Waals surface area contributed by atoms with Gasteiger partial charge in [-0.2, -0.15) is 0 Å². The van der Waals surface area contributed by atoms with Crippen molar-refractivity contribution >= 4 is 49.9 Å². The molecular formula is C24H29N3S3. The molecule has 0 saturated carbocycles. The van der Waals surface area contributed by atoms with Crippen LogP contribution in [0.5, 0.6) is 0 Å². The Hall–Kier alpha value is -1.47. The van der Waals surface area contributed by atoms with Crippen molar-refractivity contribution in [2.24, 2.45) is 0 Å². The van der Waals surface area contributed by atoms with Crippen molar-refractivity contribution in [2.75, 3.05) is 26.2 Å². The lowest BCUT2D eigenvalue weighted by Gasteiger charge is -2.36. The van der Waals surface area contributed by atoms with Gasteiger partial charge in [0.2, 0.25) is 0 Å². The van der Waals surface area contributed by atoms with Crippen molar-refractivity contribution in [3.05, 3.63) is 64.7 Å². The number of thiocarbonyl (C=S) groups is 1. The van der Waals surface area contributed by atoms with Crippen LogP contribution < -0.4 is 0 Å². The number of hydrogen-bond donors (Lipinski definition) is 0. The van der Waals surface area contributed by atoms with Crippen LogP contribution in [0, 0.1) is 0 Å². The highest BCUT2D eigenvalue weighted by Gasteiger charge is 2.20. The molecule has 3 nitrogen and oxygen atoms in total. The zero-order valence-corrected chi connectivity index (χ0v) is 20.4. The Balaban J connectivity index is 1.24. The van der Waals surface area contributed by atoms with Gasteiger partial charge in [-0.3, -0.25) is 4.90 Å². The molecule has 0 spiro atoms. The predicted molar refractivity (Wildman–Crippen MR) is 136 cm³/mol. The second-order valence-corrected chi connectivity index (χ2v) is 11.6. The van der Waals surface area contributed by atoms with Crippen molar-refractivity contribution in [1.82, 2.24) is 14.8 Å². The van der Waals surface area contributed by atoms with Crippen LogP contribution in [-0.2, 0) is 17.7 Å². The Bertz CT molecular complexity index is 963. The summed E-state index contributed by atoms with van der Waals surface area (Å²) in [6.07, 6.45) is 0. The van der Waals surface area contributed by atoms with E-state index < -0.39 is 0 Å². The van der Waals surface area contributed by atoms with Gasteiger partial charge >= 0.3 is 0 Å². The van der Waals surface area contributed by atoms with E-state index in [-0.39, 0.29) is 5.41 Å². The third kappa shape index (κ3) is 5.41. The van der Waals surface area contributed by atoms with E-state index in [0.29, 0.717) is 0 Å². The molecule has 1 aliphatic heterocycles. The van der Waals surface area contributed by atoms with Gasteiger partial charge in [-0.1, -0.05) is 81.1 Å². The monoisotopic (exact) mass is 455 g/mol. The van der Waals surface area contributed by atoms with Crippen molar-refractivity contribution < 1.29 is 0 Å². The molecule has 4 rings (SSSR count). The molecule has 1 fully saturated rings. The quantitative estimate of drug-likeness (QED) is 0.453. The number of piperazine rings is 1. The zero-order valence-electron chi connectivity index (χ0n) is 17.9. The molecule has 1 aromatic heterocycles. The number of aromatic nitrogens is 1. The van der Waals surface area contributed by atoms with Crippen LogP contribution in [0.1, 0.15) is 36.9 Å². The van der Waals surface area contributed by atoms with Crippen LogP contribution in [0.2, 0.25) is 0 Å². The van der Waals surface area contributed by atoms with Crippen molar-refractivity contribution in [2.45, 2.75) is 38.5 Å². The largest absolute Gasteiger partial charge is 0.355 e. The second-order valence-electron chi connectivity index (χ2n) is 8.84. The van der Waals surface area contributed by atoms with Crippen molar-refractivity contribution in [3.63, 3.8) is 0 Å². The lowest BCUT2D eigenvalue weighted by molar-refractivity contribution is 0.179. The van der Waals surface area contributed by atoms with Crippen LogP contribution in [0.25, 0.3) is 10.2 Å². The predicted octanol–water partition coefficient (Wildman–Crippen LogP) is 5.93. The van der Waals surface area contributed by atoms with E-state index in [0.717, 1.165) is 53.3 Å². The molecule has 2 heterocycles. The number of fused-ring (bicyclic) bond motifs is 1. The summed E-state index contributed by atoms with van der Waals surface area (Å²) in [4.78, 5) is 9.61. The number of nitrogens with zero attached hydrogens (tertiary/aromatic N) is 3. The Labute approximate surface area is 193 Å². The van der Waals surface area contributed by atoms with Crippen LogP contribution in [-0.4, -0.2) is 45.3 Å². The van der Waals surface area contributed by atoms with Crippen LogP contribution >= 0.6 is 35.3 Å². The van der Waals surface area contributed by atoms with Gasteiger partial charge in [0.25, 0.3) is 0 Å². The lowest BCUT2D eigenvalue weighted by atomic mass is 9.87. The minimum absolute atomic E-state index is 0.211. The number of benzene rings is 2. The minimum Gasteiger partial charge on any atom is -0.355 e. The summed E-state index contributed by atoms with van der Waals surface area (Å²) in [5, 5.41) is 1.15. The molecule has 0 radical (unpaired) electrons. The number of para-hydroxylation sites is 1. The van der Waals surface area contributed by atoms with Crippen LogP contribution in [0.3, 0.4) is 0 Å². The summed E-state index contributed by atoms with van der Waals surface area (Å²) in [6, 6.07) is 17.4. The average molecular weight is 456 g/mol. The standard InChI is InChI=1S/C24H29N3S3/c1-24(2,3)19-10-8-18(9-11-19)16-26-12-14-27(15-13-26)23(28)29-17-22-25-20-6-4-5-7-21(20)30-22/h4-11H,12-17H2,1-3H3. The third-order valence-electron chi connectivity index (χ3n) is 5.51. The molecule has 1 aliphatic rings. The average Bonchev–Trinajstić information content (AvgIpc) is 3.15. The Morgan fingerprint density at radius 3 is 2.40 bits per heavy atom. The molecule has 3 aromatic rings. The normalized spacial score (nSPS) is 15.6. The molecule has 0 N–H and O–H groups in total. The molecule has 0 amide bonds. The van der Waals surface area contributed by atoms with Gasteiger partial charge in [0, 0.05) is 32.7 Å². The number of thioether (sulfide) groups is 1. The maximum atomic E-state index is 5.72. The van der Waals surface area contributed by atoms with Crippen LogP contribution in [0.15, 0.2) is 48.5 Å². The maximum Gasteiger partial charge on any atom is 0.136 e. The SMILES string of the molecule is CC(C)(C)c1ccc(CN2CCN(C(=S)SCc3nc4ccccc4s3)CC2)cc1. The Morgan fingerprint density at radius 2 is 1.73 bits per heavy atom. The molecule has 6 heteroatoms. The summed E-state index contributed by atoms with van der Waals surface area (Å²) in [5.41, 5.74) is 4.09. The summed E-state index contributed by atoms with van der Waals surface area (Å²) in [6.45, 7) is 11.9. The van der Waals surface area contributed by atoms with E-state index >= 15 is 0 Å². The molecule has 158 valence electrons. The first-order valence-electron chi connectivity index (χ1n) is 10.5. The van der Waals surface area contributed by atoms with Gasteiger partial charge in [-0.05, 0) is 28.7 Å². The van der Waals surface area contributed by atoms with Gasteiger partial charge < -0.3 is 4.90 Å². The Morgan fingerprint density at radius 1 is 1.03 bits per heavy atom. The highest BCUT2D eigenvalue weighted by Crippen LogP contribution is 2.26. The molecule has 0 atom stereocenters. The topological polar surface area (TPSA) is 19.4 Å². The highest BCUT2D eigenvalue weighted by molar-refractivity contribution is 8.22. The fraction of sp³-hybridized carbons (Fsp3) is 0.417. The van der Waals surface area contributed by atoms with Gasteiger partial charge in [0.1, 0.15) is 9.33 Å². The second kappa shape index (κ2) is 9.35. The van der Waals surface area contributed by atoms with E-state index in [1.165, 1.54) is 15.8 Å². The first-order chi connectivity index (χ1) is 14.4. The molecule has 1 saturated heterocycles. The first kappa shape index (κ1) is 21.8. The van der Waals surface area contributed by atoms with Crippen LogP contribution in [0.4, 0.5) is 0 Å². The molecular weight excluding hydrogens is 426 g/mol. The van der Waals surface area contributed by atoms with E-state index in [1.54, 1.807) is 23.1 Å². The molecule has 30 heavy (non-hydrogen) atoms. The number of rotatable bonds is 4. The molecule has 2 aromatic carbocycles. The molecule has 0 unspecified atom stereocenters. The molecule has 0 aliphatic carbocycles. The van der Waals surface area contributed by atoms with Crippen molar-refractivity contribution in [3.8, 4) is 0 Å². The van der Waals surface area contributed by atoms with E-state index in [1.807, 2.05) is 6.07 Å². The fourth-order valence-corrected chi connectivity index (χ4v) is 5.86. The fourth-order valence-electron chi connectivity index (χ4n) is 3.65. The third-order valence-corrected chi connectivity index (χ3v) is 8.27. The minimum atomic E-state index is 0.211. The number of hydrogen-bond acceptors (Lipinski definition) is 5.